The number of esters is 1. The third-order valence-corrected chi connectivity index (χ3v) is 2.03. The van der Waals surface area contributed by atoms with Gasteiger partial charge in [0.2, 0.25) is 0 Å². The van der Waals surface area contributed by atoms with E-state index in [1.165, 1.54) is 0 Å². The molecule has 0 aliphatic rings. The van der Waals surface area contributed by atoms with Crippen molar-refractivity contribution in [3.63, 3.8) is 0 Å². The molecule has 0 amide bonds. The number of hydrogen-bond donors (Lipinski definition) is 1. The van der Waals surface area contributed by atoms with Gasteiger partial charge in [-0.15, -0.1) is 0 Å². The molecule has 0 saturated heterocycles. The predicted molar refractivity (Wildman–Crippen MR) is 61.0 cm³/mol. The van der Waals surface area contributed by atoms with E-state index in [-0.39, 0.29) is 0 Å². The Kier molecular flexibility index (Phi) is 4.45. The summed E-state index contributed by atoms with van der Waals surface area (Å²) in [5, 5.41) is -1.31. The van der Waals surface area contributed by atoms with Crippen LogP contribution in [0.1, 0.15) is 0 Å². The molecule has 3 nitrogen and oxygen atoms in total. The van der Waals surface area contributed by atoms with Gasteiger partial charge in [-0.2, -0.15) is 8.78 Å². The van der Waals surface area contributed by atoms with E-state index in [1.54, 1.807) is 30.3 Å². The standard InChI is InChI=1S/C11H10ClF2NO2/c1-17-10(16)7-9(11(12,13)14)15-8-5-3-2-4-6-8/h2-7,15H,1H3/b9-7+. The SMILES string of the molecule is COC(=O)/C=C(/Nc1ccccc1)C(F)(F)Cl. The van der Waals surface area contributed by atoms with Crippen LogP contribution in [0.5, 0.6) is 0 Å². The minimum Gasteiger partial charge on any atom is -0.466 e. The van der Waals surface area contributed by atoms with Crippen LogP contribution in [0.15, 0.2) is 42.1 Å². The van der Waals surface area contributed by atoms with E-state index >= 15 is 0 Å². The number of halogens is 3. The van der Waals surface area contributed by atoms with Gasteiger partial charge in [0, 0.05) is 5.69 Å². The number of methoxy groups -OCH3 is 1. The van der Waals surface area contributed by atoms with Gasteiger partial charge in [0.15, 0.2) is 0 Å². The van der Waals surface area contributed by atoms with Gasteiger partial charge < -0.3 is 10.1 Å². The Morgan fingerprint density at radius 1 is 1.41 bits per heavy atom. The van der Waals surface area contributed by atoms with E-state index in [0.717, 1.165) is 7.11 Å². The fraction of sp³-hybridized carbons (Fsp3) is 0.182. The van der Waals surface area contributed by atoms with Crippen molar-refractivity contribution in [1.29, 1.82) is 0 Å². The van der Waals surface area contributed by atoms with Gasteiger partial charge in [-0.25, -0.2) is 4.79 Å². The maximum Gasteiger partial charge on any atom is 0.362 e. The summed E-state index contributed by atoms with van der Waals surface area (Å²) in [5.41, 5.74) is -0.347. The second-order valence-electron chi connectivity index (χ2n) is 3.07. The van der Waals surface area contributed by atoms with E-state index < -0.39 is 17.0 Å². The lowest BCUT2D eigenvalue weighted by Crippen LogP contribution is -2.19. The zero-order chi connectivity index (χ0) is 12.9. The molecule has 1 aromatic carbocycles. The lowest BCUT2D eigenvalue weighted by atomic mass is 10.3. The summed E-state index contributed by atoms with van der Waals surface area (Å²) in [7, 11) is 1.09. The smallest absolute Gasteiger partial charge is 0.362 e. The Hall–Kier alpha value is -1.62. The fourth-order valence-corrected chi connectivity index (χ4v) is 1.14. The van der Waals surface area contributed by atoms with Crippen LogP contribution in [-0.4, -0.2) is 18.5 Å². The summed E-state index contributed by atoms with van der Waals surface area (Å²) in [6.45, 7) is 0. The van der Waals surface area contributed by atoms with Crippen molar-refractivity contribution in [1.82, 2.24) is 0 Å². The first-order chi connectivity index (χ1) is 7.93. The topological polar surface area (TPSA) is 38.3 Å². The molecule has 0 radical (unpaired) electrons. The maximum absolute atomic E-state index is 13.0. The number of alkyl halides is 3. The monoisotopic (exact) mass is 261 g/mol. The Morgan fingerprint density at radius 2 is 2.00 bits per heavy atom. The summed E-state index contributed by atoms with van der Waals surface area (Å²) in [6, 6.07) is 8.17. The van der Waals surface area contributed by atoms with Crippen molar-refractivity contribution in [2.24, 2.45) is 0 Å². The zero-order valence-electron chi connectivity index (χ0n) is 8.91. The summed E-state index contributed by atoms with van der Waals surface area (Å²) in [4.78, 5) is 10.9. The molecule has 0 aliphatic carbocycles. The number of carbonyl (C=O) groups excluding carboxylic acids is 1. The third kappa shape index (κ3) is 4.40. The molecular weight excluding hydrogens is 252 g/mol. The van der Waals surface area contributed by atoms with Crippen LogP contribution in [0.4, 0.5) is 14.5 Å². The molecule has 0 saturated carbocycles. The van der Waals surface area contributed by atoms with E-state index in [4.69, 9.17) is 11.6 Å². The van der Waals surface area contributed by atoms with E-state index in [2.05, 4.69) is 10.1 Å². The van der Waals surface area contributed by atoms with Crippen LogP contribution < -0.4 is 5.32 Å². The van der Waals surface area contributed by atoms with Crippen LogP contribution in [0.2, 0.25) is 0 Å². The summed E-state index contributed by atoms with van der Waals surface area (Å²) < 4.78 is 30.3. The number of ether oxygens (including phenoxy) is 1. The quantitative estimate of drug-likeness (QED) is 0.514. The van der Waals surface area contributed by atoms with E-state index in [0.29, 0.717) is 11.8 Å². The number of rotatable bonds is 4. The van der Waals surface area contributed by atoms with Gasteiger partial charge in [0.25, 0.3) is 0 Å². The number of anilines is 1. The molecule has 92 valence electrons. The number of para-hydroxylation sites is 1. The average Bonchev–Trinajstić information content (AvgIpc) is 2.28. The van der Waals surface area contributed by atoms with E-state index in [9.17, 15) is 13.6 Å². The molecule has 0 aliphatic heterocycles. The van der Waals surface area contributed by atoms with Crippen LogP contribution in [0.25, 0.3) is 0 Å². The Bertz CT molecular complexity index is 415. The zero-order valence-corrected chi connectivity index (χ0v) is 9.67. The second-order valence-corrected chi connectivity index (χ2v) is 3.54. The Labute approximate surface area is 102 Å². The fourth-order valence-electron chi connectivity index (χ4n) is 1.04. The molecular formula is C11H10ClF2NO2. The summed E-state index contributed by atoms with van der Waals surface area (Å²) in [6.07, 6.45) is 0.611. The number of nitrogens with one attached hydrogen (secondary N) is 1. The van der Waals surface area contributed by atoms with Crippen molar-refractivity contribution < 1.29 is 18.3 Å². The van der Waals surface area contributed by atoms with Crippen molar-refractivity contribution in [2.45, 2.75) is 5.38 Å². The lowest BCUT2D eigenvalue weighted by molar-refractivity contribution is -0.135. The molecule has 0 atom stereocenters. The van der Waals surface area contributed by atoms with Gasteiger partial charge in [0.1, 0.15) is 5.70 Å². The first-order valence-electron chi connectivity index (χ1n) is 4.62. The van der Waals surface area contributed by atoms with Gasteiger partial charge in [-0.05, 0) is 23.7 Å². The highest BCUT2D eigenvalue weighted by molar-refractivity contribution is 6.24. The van der Waals surface area contributed by atoms with Gasteiger partial charge in [0.05, 0.1) is 13.2 Å². The molecule has 0 fully saturated rings. The Morgan fingerprint density at radius 3 is 2.47 bits per heavy atom. The van der Waals surface area contributed by atoms with Crippen LogP contribution in [0, 0.1) is 0 Å². The minimum atomic E-state index is -3.68. The summed E-state index contributed by atoms with van der Waals surface area (Å²) >= 11 is 4.88. The maximum atomic E-state index is 13.0. The van der Waals surface area contributed by atoms with Crippen molar-refractivity contribution in [3.8, 4) is 0 Å². The molecule has 0 spiro atoms. The molecule has 0 aromatic heterocycles. The first kappa shape index (κ1) is 13.4. The number of hydrogen-bond acceptors (Lipinski definition) is 3. The molecule has 0 bridgehead atoms. The largest absolute Gasteiger partial charge is 0.466 e. The molecule has 0 heterocycles. The molecule has 1 N–H and O–H groups in total. The third-order valence-electron chi connectivity index (χ3n) is 1.82. The molecule has 17 heavy (non-hydrogen) atoms. The van der Waals surface area contributed by atoms with Gasteiger partial charge in [-0.3, -0.25) is 0 Å². The van der Waals surface area contributed by atoms with Gasteiger partial charge in [-0.1, -0.05) is 18.2 Å². The highest BCUT2D eigenvalue weighted by Gasteiger charge is 2.32. The molecule has 0 unspecified atom stereocenters. The molecule has 1 aromatic rings. The van der Waals surface area contributed by atoms with Crippen molar-refractivity contribution >= 4 is 23.3 Å². The minimum absolute atomic E-state index is 0.392. The number of carbonyl (C=O) groups is 1. The highest BCUT2D eigenvalue weighted by atomic mass is 35.5. The van der Waals surface area contributed by atoms with Crippen LogP contribution in [-0.2, 0) is 9.53 Å². The average molecular weight is 262 g/mol. The number of allylic oxidation sites excluding steroid dienone is 1. The van der Waals surface area contributed by atoms with Crippen molar-refractivity contribution in [2.75, 3.05) is 12.4 Å². The van der Waals surface area contributed by atoms with Crippen molar-refractivity contribution in [3.05, 3.63) is 42.1 Å². The normalized spacial score (nSPS) is 12.1. The highest BCUT2D eigenvalue weighted by Crippen LogP contribution is 2.29. The first-order valence-corrected chi connectivity index (χ1v) is 5.00. The number of benzene rings is 1. The summed E-state index contributed by atoms with van der Waals surface area (Å²) in [5.74, 6) is -0.913. The van der Waals surface area contributed by atoms with Crippen LogP contribution >= 0.6 is 11.6 Å². The molecule has 6 heteroatoms. The lowest BCUT2D eigenvalue weighted by Gasteiger charge is -2.15. The van der Waals surface area contributed by atoms with Gasteiger partial charge >= 0.3 is 11.4 Å². The second kappa shape index (κ2) is 5.63. The van der Waals surface area contributed by atoms with E-state index in [1.807, 2.05) is 0 Å². The Balaban J connectivity index is 2.94. The van der Waals surface area contributed by atoms with Crippen LogP contribution in [0.3, 0.4) is 0 Å². The molecule has 1 rings (SSSR count). The predicted octanol–water partition coefficient (Wildman–Crippen LogP) is 2.99.